The molecule has 0 radical (unpaired) electrons. The molecule has 1 fully saturated rings. The van der Waals surface area contributed by atoms with Crippen molar-refractivity contribution in [2.24, 2.45) is 0 Å². The number of hydrogen-bond donors (Lipinski definition) is 0. The first-order valence-electron chi connectivity index (χ1n) is 5.63. The van der Waals surface area contributed by atoms with Gasteiger partial charge in [0.25, 0.3) is 0 Å². The van der Waals surface area contributed by atoms with Gasteiger partial charge < -0.3 is 9.64 Å². The van der Waals surface area contributed by atoms with Crippen LogP contribution in [0.5, 0.6) is 5.88 Å². The summed E-state index contributed by atoms with van der Waals surface area (Å²) in [4.78, 5) is 11.2. The lowest BCUT2D eigenvalue weighted by Gasteiger charge is -2.16. The Morgan fingerprint density at radius 3 is 3.12 bits per heavy atom. The van der Waals surface area contributed by atoms with Gasteiger partial charge in [-0.2, -0.15) is 0 Å². The van der Waals surface area contributed by atoms with Crippen LogP contribution >= 0.6 is 15.9 Å². The zero-order valence-corrected chi connectivity index (χ0v) is 11.0. The number of anilines is 1. The van der Waals surface area contributed by atoms with E-state index in [-0.39, 0.29) is 0 Å². The molecule has 2 rings (SSSR count). The fourth-order valence-electron chi connectivity index (χ4n) is 1.71. The van der Waals surface area contributed by atoms with Gasteiger partial charge in [-0.25, -0.2) is 9.97 Å². The molecule has 0 saturated carbocycles. The Kier molecular flexibility index (Phi) is 3.98. The van der Waals surface area contributed by atoms with Crippen molar-refractivity contribution >= 4 is 21.7 Å². The van der Waals surface area contributed by atoms with Crippen molar-refractivity contribution in [2.75, 3.05) is 24.6 Å². The zero-order chi connectivity index (χ0) is 11.4. The van der Waals surface area contributed by atoms with Gasteiger partial charge in [0.15, 0.2) is 0 Å². The Morgan fingerprint density at radius 1 is 1.56 bits per heavy atom. The molecule has 16 heavy (non-hydrogen) atoms. The molecule has 0 N–H and O–H groups in total. The molecule has 0 bridgehead atoms. The van der Waals surface area contributed by atoms with Crippen LogP contribution in [-0.2, 0) is 0 Å². The van der Waals surface area contributed by atoms with Gasteiger partial charge in [-0.3, -0.25) is 0 Å². The third-order valence-corrected chi connectivity index (χ3v) is 3.28. The van der Waals surface area contributed by atoms with E-state index >= 15 is 0 Å². The van der Waals surface area contributed by atoms with E-state index in [2.05, 4.69) is 37.7 Å². The third kappa shape index (κ3) is 2.84. The Morgan fingerprint density at radius 2 is 2.44 bits per heavy atom. The minimum atomic E-state index is 0.572. The highest BCUT2D eigenvalue weighted by Crippen LogP contribution is 2.23. The second-order valence-electron chi connectivity index (χ2n) is 3.89. The summed E-state index contributed by atoms with van der Waals surface area (Å²) in [7, 11) is 0. The number of nitrogens with zero attached hydrogens (tertiary/aromatic N) is 3. The largest absolute Gasteiger partial charge is 0.478 e. The van der Waals surface area contributed by atoms with Gasteiger partial charge in [0.05, 0.1) is 6.61 Å². The lowest BCUT2D eigenvalue weighted by Crippen LogP contribution is -2.20. The number of alkyl halides is 1. The maximum Gasteiger partial charge on any atom is 0.218 e. The second-order valence-corrected chi connectivity index (χ2v) is 5.19. The van der Waals surface area contributed by atoms with Crippen LogP contribution in [-0.4, -0.2) is 34.5 Å². The van der Waals surface area contributed by atoms with Crippen molar-refractivity contribution in [1.82, 2.24) is 9.97 Å². The van der Waals surface area contributed by atoms with E-state index in [4.69, 9.17) is 4.74 Å². The molecule has 0 aromatic carbocycles. The maximum absolute atomic E-state index is 5.49. The van der Waals surface area contributed by atoms with Crippen LogP contribution in [0.1, 0.15) is 19.8 Å². The Balaban J connectivity index is 2.04. The molecule has 1 aliphatic rings. The Bertz CT molecular complexity index is 348. The summed E-state index contributed by atoms with van der Waals surface area (Å²) in [5.74, 6) is 1.63. The Labute approximate surface area is 104 Å². The molecule has 88 valence electrons. The van der Waals surface area contributed by atoms with Gasteiger partial charge >= 0.3 is 0 Å². The number of rotatable bonds is 4. The summed E-state index contributed by atoms with van der Waals surface area (Å²) in [6.07, 6.45) is 3.73. The van der Waals surface area contributed by atoms with Crippen molar-refractivity contribution in [3.63, 3.8) is 0 Å². The summed E-state index contributed by atoms with van der Waals surface area (Å²) < 4.78 is 5.49. The van der Waals surface area contributed by atoms with Gasteiger partial charge in [0.2, 0.25) is 5.88 Å². The number of ether oxygens (including phenoxy) is 1. The van der Waals surface area contributed by atoms with Gasteiger partial charge in [0.1, 0.15) is 12.1 Å². The summed E-state index contributed by atoms with van der Waals surface area (Å²) in [6.45, 7) is 4.83. The molecular weight excluding hydrogens is 270 g/mol. The van der Waals surface area contributed by atoms with Crippen molar-refractivity contribution in [3.05, 3.63) is 12.4 Å². The molecule has 5 heteroatoms. The molecule has 2 heterocycles. The quantitative estimate of drug-likeness (QED) is 0.796. The van der Waals surface area contributed by atoms with Crippen molar-refractivity contribution in [2.45, 2.75) is 24.6 Å². The van der Waals surface area contributed by atoms with Gasteiger partial charge in [-0.05, 0) is 12.8 Å². The highest BCUT2D eigenvalue weighted by molar-refractivity contribution is 9.09. The summed E-state index contributed by atoms with van der Waals surface area (Å²) in [5.41, 5.74) is 0. The van der Waals surface area contributed by atoms with Crippen LogP contribution in [0, 0.1) is 0 Å². The summed E-state index contributed by atoms with van der Waals surface area (Å²) >= 11 is 3.62. The van der Waals surface area contributed by atoms with Gasteiger partial charge in [0, 0.05) is 24.0 Å². The third-order valence-electron chi connectivity index (χ3n) is 2.54. The molecule has 1 aliphatic heterocycles. The van der Waals surface area contributed by atoms with E-state index in [0.29, 0.717) is 17.3 Å². The number of hydrogen-bond acceptors (Lipinski definition) is 4. The molecule has 1 aromatic heterocycles. The van der Waals surface area contributed by atoms with E-state index in [9.17, 15) is 0 Å². The topological polar surface area (TPSA) is 38.2 Å². The monoisotopic (exact) mass is 285 g/mol. The molecule has 1 atom stereocenters. The highest BCUT2D eigenvalue weighted by Gasteiger charge is 2.21. The van der Waals surface area contributed by atoms with Crippen molar-refractivity contribution in [1.29, 1.82) is 0 Å². The van der Waals surface area contributed by atoms with Crippen LogP contribution in [0.3, 0.4) is 0 Å². The average Bonchev–Trinajstić information content (AvgIpc) is 2.74. The van der Waals surface area contributed by atoms with E-state index in [1.54, 1.807) is 6.33 Å². The fourth-order valence-corrected chi connectivity index (χ4v) is 2.27. The Hall–Kier alpha value is -0.840. The normalized spacial score (nSPS) is 20.1. The standard InChI is InChI=1S/C11H16BrN3O/c1-2-5-16-11-6-10(13-8-14-11)15-4-3-9(12)7-15/h6,8-9H,2-5,7H2,1H3. The van der Waals surface area contributed by atoms with Gasteiger partial charge in [-0.15, -0.1) is 0 Å². The van der Waals surface area contributed by atoms with E-state index < -0.39 is 0 Å². The van der Waals surface area contributed by atoms with E-state index in [0.717, 1.165) is 31.7 Å². The first kappa shape index (κ1) is 11.6. The van der Waals surface area contributed by atoms with Crippen LogP contribution < -0.4 is 9.64 Å². The smallest absolute Gasteiger partial charge is 0.218 e. The molecule has 1 saturated heterocycles. The minimum absolute atomic E-state index is 0.572. The minimum Gasteiger partial charge on any atom is -0.478 e. The lowest BCUT2D eigenvalue weighted by atomic mass is 10.4. The van der Waals surface area contributed by atoms with E-state index in [1.165, 1.54) is 0 Å². The SMILES string of the molecule is CCCOc1cc(N2CCC(Br)C2)ncn1. The van der Waals surface area contributed by atoms with Crippen molar-refractivity contribution in [3.8, 4) is 5.88 Å². The molecular formula is C11H16BrN3O. The molecule has 0 amide bonds. The molecule has 1 unspecified atom stereocenters. The van der Waals surface area contributed by atoms with Crippen LogP contribution in [0.15, 0.2) is 12.4 Å². The predicted octanol–water partition coefficient (Wildman–Crippen LogP) is 2.24. The lowest BCUT2D eigenvalue weighted by molar-refractivity contribution is 0.304. The van der Waals surface area contributed by atoms with Crippen LogP contribution in [0.2, 0.25) is 0 Å². The number of aromatic nitrogens is 2. The van der Waals surface area contributed by atoms with Crippen LogP contribution in [0.25, 0.3) is 0 Å². The maximum atomic E-state index is 5.49. The second kappa shape index (κ2) is 5.48. The highest BCUT2D eigenvalue weighted by atomic mass is 79.9. The van der Waals surface area contributed by atoms with Crippen LogP contribution in [0.4, 0.5) is 5.82 Å². The zero-order valence-electron chi connectivity index (χ0n) is 9.40. The predicted molar refractivity (Wildman–Crippen MR) is 67.4 cm³/mol. The summed E-state index contributed by atoms with van der Waals surface area (Å²) in [6, 6.07) is 1.92. The number of halogens is 1. The molecule has 1 aromatic rings. The average molecular weight is 286 g/mol. The molecule has 0 spiro atoms. The summed E-state index contributed by atoms with van der Waals surface area (Å²) in [5, 5.41) is 0. The fraction of sp³-hybridized carbons (Fsp3) is 0.636. The first-order valence-corrected chi connectivity index (χ1v) is 6.55. The van der Waals surface area contributed by atoms with E-state index in [1.807, 2.05) is 6.07 Å². The molecule has 4 nitrogen and oxygen atoms in total. The first-order chi connectivity index (χ1) is 7.79. The molecule has 0 aliphatic carbocycles. The van der Waals surface area contributed by atoms with Crippen molar-refractivity contribution < 1.29 is 4.74 Å². The van der Waals surface area contributed by atoms with Gasteiger partial charge in [-0.1, -0.05) is 22.9 Å².